The number of hydrogen-bond acceptors (Lipinski definition) is 6. The average molecular weight is 520 g/mol. The van der Waals surface area contributed by atoms with Gasteiger partial charge < -0.3 is 28.6 Å². The number of ether oxygens (including phenoxy) is 4. The minimum Gasteiger partial charge on any atom is -0.493 e. The normalized spacial score (nSPS) is 15.9. The molecule has 2 aliphatic rings. The van der Waals surface area contributed by atoms with Gasteiger partial charge in [-0.2, -0.15) is 0 Å². The number of carbonyl (C=O) groups is 1. The third-order valence-corrected chi connectivity index (χ3v) is 7.14. The Balaban J connectivity index is 1.69. The van der Waals surface area contributed by atoms with Crippen LogP contribution >= 0.6 is 0 Å². The highest BCUT2D eigenvalue weighted by atomic mass is 16.6. The molecular formula is C30H33NO7. The second kappa shape index (κ2) is 10.2. The molecule has 0 amide bonds. The van der Waals surface area contributed by atoms with Crippen molar-refractivity contribution in [2.24, 2.45) is 5.41 Å². The molecule has 2 aromatic carbocycles. The van der Waals surface area contributed by atoms with Gasteiger partial charge in [-0.25, -0.2) is 4.79 Å². The van der Waals surface area contributed by atoms with E-state index in [2.05, 4.69) is 26.8 Å². The molecule has 5 rings (SSSR count). The van der Waals surface area contributed by atoms with E-state index in [-0.39, 0.29) is 17.0 Å². The van der Waals surface area contributed by atoms with Gasteiger partial charge in [0.25, 0.3) is 0 Å². The van der Waals surface area contributed by atoms with Crippen molar-refractivity contribution in [2.75, 3.05) is 33.5 Å². The first-order chi connectivity index (χ1) is 18.2. The van der Waals surface area contributed by atoms with Gasteiger partial charge >= 0.3 is 5.97 Å². The molecule has 8 nitrogen and oxygen atoms in total. The highest BCUT2D eigenvalue weighted by Gasteiger charge is 2.34. The number of nitrogens with zero attached hydrogens (tertiary/aromatic N) is 1. The Hall–Kier alpha value is -3.78. The molecule has 3 heterocycles. The Kier molecular flexibility index (Phi) is 6.92. The summed E-state index contributed by atoms with van der Waals surface area (Å²) in [5, 5.41) is 9.64. The number of aromatic nitrogens is 1. The number of carboxylic acid groups (broad SMARTS) is 1. The van der Waals surface area contributed by atoms with Crippen LogP contribution < -0.4 is 19.6 Å². The first kappa shape index (κ1) is 25.9. The molecule has 1 atom stereocenters. The minimum absolute atomic E-state index is 0.0508. The van der Waals surface area contributed by atoms with E-state index in [4.69, 9.17) is 18.9 Å². The second-order valence-corrected chi connectivity index (χ2v) is 10.8. The van der Waals surface area contributed by atoms with Crippen molar-refractivity contribution < 1.29 is 28.8 Å². The van der Waals surface area contributed by atoms with E-state index in [1.807, 2.05) is 28.8 Å². The van der Waals surface area contributed by atoms with Gasteiger partial charge in [0.1, 0.15) is 24.5 Å². The van der Waals surface area contributed by atoms with Crippen molar-refractivity contribution in [3.05, 3.63) is 63.9 Å². The maximum absolute atomic E-state index is 12.8. The number of aromatic carboxylic acids is 1. The third-order valence-electron chi connectivity index (χ3n) is 7.14. The smallest absolute Gasteiger partial charge is 0.341 e. The highest BCUT2D eigenvalue weighted by molar-refractivity contribution is 5.88. The molecule has 2 aliphatic heterocycles. The molecule has 0 fully saturated rings. The van der Waals surface area contributed by atoms with Crippen molar-refractivity contribution in [3.8, 4) is 39.6 Å². The maximum Gasteiger partial charge on any atom is 0.341 e. The molecule has 0 unspecified atom stereocenters. The molecule has 0 saturated heterocycles. The fourth-order valence-electron chi connectivity index (χ4n) is 5.18. The monoisotopic (exact) mass is 519 g/mol. The van der Waals surface area contributed by atoms with E-state index in [1.54, 1.807) is 7.11 Å². The Morgan fingerprint density at radius 1 is 1.05 bits per heavy atom. The van der Waals surface area contributed by atoms with Crippen molar-refractivity contribution in [1.29, 1.82) is 0 Å². The van der Waals surface area contributed by atoms with Crippen molar-refractivity contribution >= 4 is 5.97 Å². The van der Waals surface area contributed by atoms with E-state index in [0.717, 1.165) is 34.4 Å². The van der Waals surface area contributed by atoms with Gasteiger partial charge in [-0.05, 0) is 47.2 Å². The summed E-state index contributed by atoms with van der Waals surface area (Å²) in [5.74, 6) is 0.890. The van der Waals surface area contributed by atoms with Crippen LogP contribution in [0.4, 0.5) is 0 Å². The van der Waals surface area contributed by atoms with Crippen LogP contribution in [-0.2, 0) is 11.2 Å². The van der Waals surface area contributed by atoms with E-state index in [1.165, 1.54) is 12.3 Å². The summed E-state index contributed by atoms with van der Waals surface area (Å²) >= 11 is 0. The average Bonchev–Trinajstić information content (AvgIpc) is 2.89. The molecule has 3 aromatic rings. The quantitative estimate of drug-likeness (QED) is 0.428. The van der Waals surface area contributed by atoms with Crippen LogP contribution in [-0.4, -0.2) is 49.2 Å². The molecule has 200 valence electrons. The summed E-state index contributed by atoms with van der Waals surface area (Å²) in [6, 6.07) is 11.3. The van der Waals surface area contributed by atoms with E-state index in [9.17, 15) is 14.7 Å². The number of hydrogen-bond donors (Lipinski definition) is 1. The molecule has 0 aliphatic carbocycles. The van der Waals surface area contributed by atoms with Gasteiger partial charge in [0.2, 0.25) is 0 Å². The first-order valence-corrected chi connectivity index (χ1v) is 12.9. The lowest BCUT2D eigenvalue weighted by Crippen LogP contribution is -2.32. The number of methoxy groups -OCH3 is 1. The van der Waals surface area contributed by atoms with Crippen LogP contribution in [0.15, 0.2) is 47.4 Å². The Morgan fingerprint density at radius 2 is 1.82 bits per heavy atom. The van der Waals surface area contributed by atoms with Crippen LogP contribution in [0.2, 0.25) is 0 Å². The van der Waals surface area contributed by atoms with Gasteiger partial charge in [-0.15, -0.1) is 0 Å². The molecule has 0 spiro atoms. The maximum atomic E-state index is 12.8. The molecule has 8 heteroatoms. The Labute approximate surface area is 221 Å². The zero-order valence-corrected chi connectivity index (χ0v) is 22.2. The van der Waals surface area contributed by atoms with E-state index in [0.29, 0.717) is 50.0 Å². The Morgan fingerprint density at radius 3 is 2.53 bits per heavy atom. The van der Waals surface area contributed by atoms with Crippen molar-refractivity contribution in [2.45, 2.75) is 39.7 Å². The van der Waals surface area contributed by atoms with Crippen LogP contribution in [0, 0.1) is 5.41 Å². The van der Waals surface area contributed by atoms with Gasteiger partial charge in [-0.1, -0.05) is 26.8 Å². The van der Waals surface area contributed by atoms with Gasteiger partial charge in [-0.3, -0.25) is 4.79 Å². The lowest BCUT2D eigenvalue weighted by atomic mass is 9.78. The SMILES string of the molecule is COCCCOc1cc2c(cc1-c1ccc3c(c1)OCCO3)-c1cc(=O)c(C(=O)O)cn1[C@H](C(C)(C)C)C2. The fourth-order valence-corrected chi connectivity index (χ4v) is 5.18. The summed E-state index contributed by atoms with van der Waals surface area (Å²) in [6.07, 6.45) is 2.91. The summed E-state index contributed by atoms with van der Waals surface area (Å²) < 4.78 is 25.0. The van der Waals surface area contributed by atoms with E-state index < -0.39 is 11.4 Å². The summed E-state index contributed by atoms with van der Waals surface area (Å²) in [7, 11) is 1.67. The standard InChI is InChI=1S/C30H33NO7/c1-30(2,3)28-14-19-13-26(36-9-5-8-35-4)21(18-6-7-25-27(12-18)38-11-10-37-25)15-20(19)23-16-24(32)22(29(33)34)17-31(23)28/h6-7,12-13,15-17,28H,5,8-11,14H2,1-4H3,(H,33,34)/t28-/m0/s1. The number of rotatable bonds is 7. The molecular weight excluding hydrogens is 486 g/mol. The third kappa shape index (κ3) is 4.88. The van der Waals surface area contributed by atoms with Crippen LogP contribution in [0.25, 0.3) is 22.4 Å². The van der Waals surface area contributed by atoms with Crippen molar-refractivity contribution in [1.82, 2.24) is 4.57 Å². The molecule has 0 radical (unpaired) electrons. The number of fused-ring (bicyclic) bond motifs is 4. The van der Waals surface area contributed by atoms with Gasteiger partial charge in [0.15, 0.2) is 16.9 Å². The van der Waals surface area contributed by atoms with Gasteiger partial charge in [0, 0.05) is 49.6 Å². The predicted molar refractivity (Wildman–Crippen MR) is 144 cm³/mol. The van der Waals surface area contributed by atoms with E-state index >= 15 is 0 Å². The lowest BCUT2D eigenvalue weighted by molar-refractivity contribution is 0.0693. The topological polar surface area (TPSA) is 96.2 Å². The first-order valence-electron chi connectivity index (χ1n) is 12.9. The van der Waals surface area contributed by atoms with Crippen molar-refractivity contribution in [3.63, 3.8) is 0 Å². The Bertz CT molecular complexity index is 1430. The number of pyridine rings is 1. The molecule has 38 heavy (non-hydrogen) atoms. The highest BCUT2D eigenvalue weighted by Crippen LogP contribution is 2.47. The van der Waals surface area contributed by atoms with Gasteiger partial charge in [0.05, 0.1) is 12.3 Å². The summed E-state index contributed by atoms with van der Waals surface area (Å²) in [6.45, 7) is 8.45. The molecule has 0 bridgehead atoms. The predicted octanol–water partition coefficient (Wildman–Crippen LogP) is 5.21. The second-order valence-electron chi connectivity index (χ2n) is 10.8. The van der Waals surface area contributed by atoms with Crippen LogP contribution in [0.1, 0.15) is 49.2 Å². The summed E-state index contributed by atoms with van der Waals surface area (Å²) in [4.78, 5) is 24.6. The largest absolute Gasteiger partial charge is 0.493 e. The van der Waals surface area contributed by atoms with Crippen LogP contribution in [0.3, 0.4) is 0 Å². The zero-order chi connectivity index (χ0) is 27.0. The number of carboxylic acids is 1. The number of benzene rings is 2. The molecule has 1 N–H and O–H groups in total. The zero-order valence-electron chi connectivity index (χ0n) is 22.2. The fraction of sp³-hybridized carbons (Fsp3) is 0.400. The molecule has 0 saturated carbocycles. The lowest BCUT2D eigenvalue weighted by Gasteiger charge is -2.39. The minimum atomic E-state index is -1.22. The van der Waals surface area contributed by atoms with Crippen LogP contribution in [0.5, 0.6) is 17.2 Å². The molecule has 1 aromatic heterocycles. The summed E-state index contributed by atoms with van der Waals surface area (Å²) in [5.41, 5.74) is 3.46.